The summed E-state index contributed by atoms with van der Waals surface area (Å²) in [5.41, 5.74) is 0.981. The number of benzene rings is 1. The smallest absolute Gasteiger partial charge is 0.139 e. The van der Waals surface area contributed by atoms with E-state index in [1.165, 1.54) is 6.07 Å². The van der Waals surface area contributed by atoms with Crippen LogP contribution in [-0.2, 0) is 0 Å². The summed E-state index contributed by atoms with van der Waals surface area (Å²) < 4.78 is 13.7. The van der Waals surface area contributed by atoms with Crippen LogP contribution in [0.1, 0.15) is 5.56 Å². The van der Waals surface area contributed by atoms with Crippen LogP contribution in [0.3, 0.4) is 0 Å². The number of aryl methyl sites for hydroxylation is 1. The van der Waals surface area contributed by atoms with E-state index in [9.17, 15) is 4.39 Å². The van der Waals surface area contributed by atoms with Crippen molar-refractivity contribution in [1.29, 1.82) is 0 Å². The zero-order chi connectivity index (χ0) is 8.43. The van der Waals surface area contributed by atoms with Crippen LogP contribution in [0.4, 0.5) is 4.39 Å². The highest BCUT2D eigenvalue weighted by atomic mass is 79.9. The average Bonchev–Trinajstić information content (AvgIpc) is 1.97. The van der Waals surface area contributed by atoms with Gasteiger partial charge in [0.2, 0.25) is 0 Å². The fourth-order valence-electron chi connectivity index (χ4n) is 0.690. The van der Waals surface area contributed by atoms with Gasteiger partial charge in [0, 0.05) is 4.47 Å². The fraction of sp³-hybridized carbons (Fsp3) is 0.143. The zero-order valence-corrected chi connectivity index (χ0v) is 8.86. The third-order valence-corrected chi connectivity index (χ3v) is 3.13. The Morgan fingerprint density at radius 2 is 2.18 bits per heavy atom. The van der Waals surface area contributed by atoms with Crippen molar-refractivity contribution in [2.24, 2.45) is 0 Å². The molecule has 1 aromatic carbocycles. The third-order valence-electron chi connectivity index (χ3n) is 1.30. The minimum atomic E-state index is -0.289. The first-order valence-electron chi connectivity index (χ1n) is 2.89. The molecule has 0 bridgehead atoms. The molecule has 4 heteroatoms. The van der Waals surface area contributed by atoms with Gasteiger partial charge < -0.3 is 0 Å². The van der Waals surface area contributed by atoms with Gasteiger partial charge >= 0.3 is 0 Å². The summed E-state index contributed by atoms with van der Waals surface area (Å²) in [5.74, 6) is -0.289. The third kappa shape index (κ3) is 2.10. The molecule has 0 aliphatic rings. The van der Waals surface area contributed by atoms with E-state index in [0.717, 1.165) is 21.0 Å². The number of halogens is 3. The highest BCUT2D eigenvalue weighted by molar-refractivity contribution is 9.10. The number of rotatable bonds is 1. The van der Waals surface area contributed by atoms with Crippen molar-refractivity contribution in [3.63, 3.8) is 0 Å². The maximum Gasteiger partial charge on any atom is 0.139 e. The van der Waals surface area contributed by atoms with E-state index in [4.69, 9.17) is 10.7 Å². The first-order valence-corrected chi connectivity index (χ1v) is 5.33. The minimum absolute atomic E-state index is 0.289. The van der Waals surface area contributed by atoms with E-state index in [-0.39, 0.29) is 5.82 Å². The molecule has 0 N–H and O–H groups in total. The highest BCUT2D eigenvalue weighted by Crippen LogP contribution is 2.29. The maximum atomic E-state index is 12.9. The van der Waals surface area contributed by atoms with Crippen LogP contribution in [0.2, 0.25) is 0 Å². The van der Waals surface area contributed by atoms with E-state index in [1.807, 2.05) is 6.92 Å². The van der Waals surface area contributed by atoms with E-state index in [2.05, 4.69) is 15.9 Å². The quantitative estimate of drug-likeness (QED) is 0.727. The van der Waals surface area contributed by atoms with E-state index in [1.54, 1.807) is 6.07 Å². The summed E-state index contributed by atoms with van der Waals surface area (Å²) in [6, 6.07) is 3.12. The van der Waals surface area contributed by atoms with Crippen molar-refractivity contribution in [2.45, 2.75) is 11.8 Å². The topological polar surface area (TPSA) is 0 Å². The van der Waals surface area contributed by atoms with Crippen molar-refractivity contribution in [3.8, 4) is 0 Å². The molecule has 0 spiro atoms. The molecule has 0 atom stereocenters. The Labute approximate surface area is 81.8 Å². The summed E-state index contributed by atoms with van der Waals surface area (Å²) in [5, 5.41) is 0. The lowest BCUT2D eigenvalue weighted by Gasteiger charge is -2.01. The number of hydrogen-bond donors (Lipinski definition) is 0. The van der Waals surface area contributed by atoms with Gasteiger partial charge in [0.25, 0.3) is 0 Å². The molecule has 0 saturated heterocycles. The molecule has 1 rings (SSSR count). The Morgan fingerprint density at radius 1 is 1.55 bits per heavy atom. The van der Waals surface area contributed by atoms with Gasteiger partial charge in [0.15, 0.2) is 0 Å². The molecule has 0 radical (unpaired) electrons. The van der Waals surface area contributed by atoms with Gasteiger partial charge in [-0.05, 0) is 46.3 Å². The van der Waals surface area contributed by atoms with Gasteiger partial charge in [-0.1, -0.05) is 15.9 Å². The Balaban J connectivity index is 3.21. The molecule has 0 nitrogen and oxygen atoms in total. The molecule has 60 valence electrons. The van der Waals surface area contributed by atoms with Crippen LogP contribution >= 0.6 is 37.6 Å². The molecule has 0 aromatic heterocycles. The molecule has 0 aliphatic carbocycles. The van der Waals surface area contributed by atoms with Crippen LogP contribution in [0.15, 0.2) is 21.5 Å². The van der Waals surface area contributed by atoms with Crippen LogP contribution < -0.4 is 0 Å². The van der Waals surface area contributed by atoms with E-state index >= 15 is 0 Å². The zero-order valence-electron chi connectivity index (χ0n) is 5.70. The van der Waals surface area contributed by atoms with Crippen molar-refractivity contribution in [2.75, 3.05) is 0 Å². The summed E-state index contributed by atoms with van der Waals surface area (Å²) in [4.78, 5) is 0.465. The second kappa shape index (κ2) is 3.78. The maximum absolute atomic E-state index is 12.9. The lowest BCUT2D eigenvalue weighted by atomic mass is 10.2. The van der Waals surface area contributed by atoms with Crippen molar-refractivity contribution in [3.05, 3.63) is 28.0 Å². The van der Waals surface area contributed by atoms with Crippen LogP contribution in [0.25, 0.3) is 0 Å². The molecule has 1 aromatic rings. The van der Waals surface area contributed by atoms with Crippen molar-refractivity contribution >= 4 is 37.6 Å². The van der Waals surface area contributed by atoms with Gasteiger partial charge in [-0.25, -0.2) is 4.39 Å². The molecule has 11 heavy (non-hydrogen) atoms. The fourth-order valence-corrected chi connectivity index (χ4v) is 1.71. The predicted octanol–water partition coefficient (Wildman–Crippen LogP) is 4.14. The summed E-state index contributed by atoms with van der Waals surface area (Å²) in [6.45, 7) is 1.89. The summed E-state index contributed by atoms with van der Waals surface area (Å²) in [6.07, 6.45) is 0. The van der Waals surface area contributed by atoms with Crippen LogP contribution in [-0.4, -0.2) is 0 Å². The predicted molar refractivity (Wildman–Crippen MR) is 50.5 cm³/mol. The Hall–Kier alpha value is 0.270. The molecule has 0 heterocycles. The van der Waals surface area contributed by atoms with Crippen LogP contribution in [0.5, 0.6) is 0 Å². The second-order valence-corrected chi connectivity index (χ2v) is 4.02. The average molecular weight is 256 g/mol. The molecule has 0 fully saturated rings. The standard InChI is InChI=1S/C7H5BrClFS/c1-4-2-7(11-9)6(10)3-5(4)8/h2-3H,1H3. The molecular formula is C7H5BrClFS. The normalized spacial score (nSPS) is 10.2. The van der Waals surface area contributed by atoms with E-state index in [0.29, 0.717) is 4.90 Å². The van der Waals surface area contributed by atoms with Gasteiger partial charge in [-0.15, -0.1) is 0 Å². The summed E-state index contributed by atoms with van der Waals surface area (Å²) in [7, 11) is 6.31. The Kier molecular flexibility index (Phi) is 3.22. The van der Waals surface area contributed by atoms with Gasteiger partial charge in [0.1, 0.15) is 5.82 Å². The summed E-state index contributed by atoms with van der Waals surface area (Å²) >= 11 is 3.22. The second-order valence-electron chi connectivity index (χ2n) is 2.11. The molecule has 0 saturated carbocycles. The highest BCUT2D eigenvalue weighted by Gasteiger charge is 2.04. The SMILES string of the molecule is Cc1cc(SCl)c(F)cc1Br. The molecular weight excluding hydrogens is 250 g/mol. The first kappa shape index (κ1) is 9.36. The Morgan fingerprint density at radius 3 is 2.73 bits per heavy atom. The molecule has 0 amide bonds. The lowest BCUT2D eigenvalue weighted by Crippen LogP contribution is -1.82. The number of hydrogen-bond acceptors (Lipinski definition) is 1. The van der Waals surface area contributed by atoms with Gasteiger partial charge in [0.05, 0.1) is 4.90 Å². The van der Waals surface area contributed by atoms with E-state index < -0.39 is 0 Å². The minimum Gasteiger partial charge on any atom is -0.206 e. The van der Waals surface area contributed by atoms with Crippen molar-refractivity contribution < 1.29 is 4.39 Å². The lowest BCUT2D eigenvalue weighted by molar-refractivity contribution is 0.601. The Bertz CT molecular complexity index is 277. The van der Waals surface area contributed by atoms with Crippen LogP contribution in [0, 0.1) is 12.7 Å². The molecule has 0 aliphatic heterocycles. The first-order chi connectivity index (χ1) is 5.15. The van der Waals surface area contributed by atoms with Gasteiger partial charge in [-0.3, -0.25) is 0 Å². The largest absolute Gasteiger partial charge is 0.206 e. The molecule has 0 unspecified atom stereocenters. The van der Waals surface area contributed by atoms with Gasteiger partial charge in [-0.2, -0.15) is 0 Å². The monoisotopic (exact) mass is 254 g/mol. The van der Waals surface area contributed by atoms with Crippen molar-refractivity contribution in [1.82, 2.24) is 0 Å².